The van der Waals surface area contributed by atoms with Gasteiger partial charge >= 0.3 is 6.18 Å². The van der Waals surface area contributed by atoms with E-state index in [-0.39, 0.29) is 41.0 Å². The van der Waals surface area contributed by atoms with Gasteiger partial charge < -0.3 is 25.2 Å². The maximum atomic E-state index is 13.8. The van der Waals surface area contributed by atoms with Crippen molar-refractivity contribution in [2.75, 3.05) is 25.5 Å². The summed E-state index contributed by atoms with van der Waals surface area (Å²) in [7, 11) is 1.59. The van der Waals surface area contributed by atoms with Crippen LogP contribution in [0.3, 0.4) is 0 Å². The molecule has 2 aliphatic heterocycles. The van der Waals surface area contributed by atoms with Crippen LogP contribution in [0.25, 0.3) is 0 Å². The summed E-state index contributed by atoms with van der Waals surface area (Å²) in [5.41, 5.74) is 1.16. The lowest BCUT2D eigenvalue weighted by Gasteiger charge is -2.31. The van der Waals surface area contributed by atoms with Crippen LogP contribution in [-0.2, 0) is 17.5 Å². The second-order valence-corrected chi connectivity index (χ2v) is 10.4. The van der Waals surface area contributed by atoms with Gasteiger partial charge in [0.25, 0.3) is 11.8 Å². The van der Waals surface area contributed by atoms with Gasteiger partial charge in [-0.1, -0.05) is 12.1 Å². The molecule has 2 aromatic carbocycles. The van der Waals surface area contributed by atoms with Crippen molar-refractivity contribution >= 4 is 29.4 Å². The first-order valence-electron chi connectivity index (χ1n) is 13.3. The first-order chi connectivity index (χ1) is 19.9. The van der Waals surface area contributed by atoms with Gasteiger partial charge in [0.2, 0.25) is 17.7 Å². The molecule has 0 spiro atoms. The fraction of sp³-hybridized carbons (Fsp3) is 0.345. The number of hydrogen-bond acceptors (Lipinski definition) is 7. The Labute approximate surface area is 239 Å². The van der Waals surface area contributed by atoms with Gasteiger partial charge in [-0.05, 0) is 55.2 Å². The zero-order valence-corrected chi connectivity index (χ0v) is 23.2. The third kappa shape index (κ3) is 5.99. The number of benzene rings is 2. The predicted molar refractivity (Wildman–Crippen MR) is 147 cm³/mol. The summed E-state index contributed by atoms with van der Waals surface area (Å²) < 4.78 is 47.1. The first-order valence-corrected chi connectivity index (χ1v) is 13.3. The average Bonchev–Trinajstić information content (AvgIpc) is 3.23. The van der Waals surface area contributed by atoms with Crippen molar-refractivity contribution in [3.05, 3.63) is 70.4 Å². The Morgan fingerprint density at radius 1 is 1.12 bits per heavy atom. The van der Waals surface area contributed by atoms with Gasteiger partial charge in [0, 0.05) is 57.1 Å². The molecule has 0 saturated carbocycles. The maximum Gasteiger partial charge on any atom is 0.423 e. The second-order valence-electron chi connectivity index (χ2n) is 10.4. The summed E-state index contributed by atoms with van der Waals surface area (Å²) in [5.74, 6) is -1.55. The first kappa shape index (κ1) is 28.8. The van der Waals surface area contributed by atoms with Crippen LogP contribution in [0.4, 0.5) is 24.8 Å². The Morgan fingerprint density at radius 2 is 1.86 bits per heavy atom. The number of amides is 3. The molecule has 3 amide bonds. The summed E-state index contributed by atoms with van der Waals surface area (Å²) in [6, 6.07) is 9.54. The van der Waals surface area contributed by atoms with E-state index in [1.807, 2.05) is 0 Å². The van der Waals surface area contributed by atoms with Crippen LogP contribution in [0.15, 0.2) is 42.6 Å². The minimum Gasteiger partial charge on any atom is -0.437 e. The monoisotopic (exact) mass is 582 g/mol. The molecule has 3 aromatic rings. The van der Waals surface area contributed by atoms with E-state index < -0.39 is 17.6 Å². The Kier molecular flexibility index (Phi) is 7.76. The van der Waals surface area contributed by atoms with Crippen LogP contribution >= 0.6 is 0 Å². The smallest absolute Gasteiger partial charge is 0.423 e. The molecule has 5 rings (SSSR count). The fourth-order valence-corrected chi connectivity index (χ4v) is 5.03. The highest BCUT2D eigenvalue weighted by molar-refractivity contribution is 6.01. The van der Waals surface area contributed by atoms with Crippen molar-refractivity contribution in [3.8, 4) is 11.6 Å². The molecule has 2 aliphatic rings. The van der Waals surface area contributed by atoms with Gasteiger partial charge in [-0.2, -0.15) is 18.2 Å². The molecule has 10 nitrogen and oxygen atoms in total. The number of rotatable bonds is 6. The second kappa shape index (κ2) is 11.3. The molecule has 2 N–H and O–H groups in total. The minimum atomic E-state index is -4.81. The molecule has 1 saturated heterocycles. The van der Waals surface area contributed by atoms with E-state index in [1.54, 1.807) is 49.2 Å². The number of hydrogen-bond donors (Lipinski definition) is 2. The van der Waals surface area contributed by atoms with Crippen molar-refractivity contribution in [1.82, 2.24) is 25.1 Å². The quantitative estimate of drug-likeness (QED) is 0.434. The summed E-state index contributed by atoms with van der Waals surface area (Å²) in [6.07, 6.45) is -2.86. The number of alkyl halides is 3. The third-order valence-corrected chi connectivity index (χ3v) is 7.36. The van der Waals surface area contributed by atoms with Crippen LogP contribution in [-0.4, -0.2) is 63.7 Å². The van der Waals surface area contributed by atoms with Crippen molar-refractivity contribution < 1.29 is 32.3 Å². The van der Waals surface area contributed by atoms with E-state index in [0.717, 1.165) is 0 Å². The molecule has 3 heterocycles. The number of halogens is 3. The number of likely N-dealkylation sites (tertiary alicyclic amines) is 1. The topological polar surface area (TPSA) is 117 Å². The number of carbonyl (C=O) groups excluding carboxylic acids is 3. The summed E-state index contributed by atoms with van der Waals surface area (Å²) in [6.45, 7) is 4.75. The lowest BCUT2D eigenvalue weighted by Crippen LogP contribution is -2.46. The van der Waals surface area contributed by atoms with Crippen LogP contribution in [0.1, 0.15) is 57.2 Å². The number of carbonyl (C=O) groups is 3. The van der Waals surface area contributed by atoms with E-state index in [4.69, 9.17) is 4.74 Å². The number of aromatic nitrogens is 2. The van der Waals surface area contributed by atoms with E-state index >= 15 is 0 Å². The number of aryl methyl sites for hydroxylation is 1. The van der Waals surface area contributed by atoms with Crippen LogP contribution in [0.5, 0.6) is 11.6 Å². The lowest BCUT2D eigenvalue weighted by molar-refractivity contribution is -0.139. The van der Waals surface area contributed by atoms with Crippen molar-refractivity contribution in [2.45, 2.75) is 45.5 Å². The largest absolute Gasteiger partial charge is 0.437 e. The number of anilines is 2. The number of nitrogens with one attached hydrogen (secondary N) is 2. The van der Waals surface area contributed by atoms with Crippen LogP contribution in [0, 0.1) is 6.92 Å². The van der Waals surface area contributed by atoms with Gasteiger partial charge in [0.1, 0.15) is 11.3 Å². The molecule has 0 bridgehead atoms. The Bertz CT molecular complexity index is 1550. The SMILES string of the molecule is CC(=O)N1CCC(NC(=O)c2ccc(Nc3ncc(C(F)(F)F)c(Oc4cccc5c4C(=O)N(C)C5)n3)c(C)c2)CC1. The van der Waals surface area contributed by atoms with E-state index in [9.17, 15) is 27.6 Å². The highest BCUT2D eigenvalue weighted by atomic mass is 19.4. The Balaban J connectivity index is 1.33. The highest BCUT2D eigenvalue weighted by Gasteiger charge is 2.37. The van der Waals surface area contributed by atoms with E-state index in [1.165, 1.54) is 17.9 Å². The average molecular weight is 583 g/mol. The van der Waals surface area contributed by atoms with Crippen molar-refractivity contribution in [2.24, 2.45) is 0 Å². The number of fused-ring (bicyclic) bond motifs is 1. The van der Waals surface area contributed by atoms with Crippen molar-refractivity contribution in [3.63, 3.8) is 0 Å². The van der Waals surface area contributed by atoms with Gasteiger partial charge in [-0.25, -0.2) is 4.98 Å². The zero-order valence-electron chi connectivity index (χ0n) is 23.2. The Morgan fingerprint density at radius 3 is 2.52 bits per heavy atom. The fourth-order valence-electron chi connectivity index (χ4n) is 5.03. The molecular weight excluding hydrogens is 553 g/mol. The highest BCUT2D eigenvalue weighted by Crippen LogP contribution is 2.39. The molecule has 0 aliphatic carbocycles. The normalized spacial score (nSPS) is 15.4. The van der Waals surface area contributed by atoms with E-state index in [2.05, 4.69) is 20.6 Å². The van der Waals surface area contributed by atoms with Gasteiger partial charge in [-0.3, -0.25) is 14.4 Å². The maximum absolute atomic E-state index is 13.8. The summed E-state index contributed by atoms with van der Waals surface area (Å²) in [5, 5.41) is 5.89. The molecule has 42 heavy (non-hydrogen) atoms. The molecule has 0 radical (unpaired) electrons. The molecular formula is C29H29F3N6O4. The molecule has 1 fully saturated rings. The molecule has 0 atom stereocenters. The lowest BCUT2D eigenvalue weighted by atomic mass is 10.0. The van der Waals surface area contributed by atoms with Crippen molar-refractivity contribution in [1.29, 1.82) is 0 Å². The molecule has 220 valence electrons. The van der Waals surface area contributed by atoms with Crippen LogP contribution in [0.2, 0.25) is 0 Å². The van der Waals surface area contributed by atoms with E-state index in [0.29, 0.717) is 61.1 Å². The predicted octanol–water partition coefficient (Wildman–Crippen LogP) is 4.67. The van der Waals surface area contributed by atoms with Gasteiger partial charge in [0.05, 0.1) is 5.56 Å². The van der Waals surface area contributed by atoms with Gasteiger partial charge in [-0.15, -0.1) is 0 Å². The molecule has 0 unspecified atom stereocenters. The standard InChI is InChI=1S/C29H29F3N6O4/c1-16-13-18(25(40)34-20-9-11-38(12-10-20)17(2)39)7-8-22(16)35-28-33-14-21(29(30,31)32)26(36-28)42-23-6-4-5-19-15-37(3)27(41)24(19)23/h4-8,13-14,20H,9-12,15H2,1-3H3,(H,34,40)(H,33,35,36). The number of nitrogens with zero attached hydrogens (tertiary/aromatic N) is 4. The Hall–Kier alpha value is -4.68. The van der Waals surface area contributed by atoms with Gasteiger partial charge in [0.15, 0.2) is 0 Å². The number of ether oxygens (including phenoxy) is 1. The third-order valence-electron chi connectivity index (χ3n) is 7.36. The van der Waals surface area contributed by atoms with Crippen LogP contribution < -0.4 is 15.4 Å². The molecule has 13 heteroatoms. The summed E-state index contributed by atoms with van der Waals surface area (Å²) in [4.78, 5) is 48.0. The zero-order chi connectivity index (χ0) is 30.2. The number of piperidine rings is 1. The summed E-state index contributed by atoms with van der Waals surface area (Å²) >= 11 is 0. The minimum absolute atomic E-state index is 0.0145. The molecule has 1 aromatic heterocycles.